The van der Waals surface area contributed by atoms with Gasteiger partial charge in [-0.3, -0.25) is 0 Å². The molecule has 0 bridgehead atoms. The lowest BCUT2D eigenvalue weighted by Gasteiger charge is -2.40. The minimum Gasteiger partial charge on any atom is -0.352 e. The summed E-state index contributed by atoms with van der Waals surface area (Å²) < 4.78 is 2.20. The van der Waals surface area contributed by atoms with E-state index in [1.165, 1.54) is 41.0 Å². The second-order valence-electron chi connectivity index (χ2n) is 13.7. The topological polar surface area (TPSA) is 50.1 Å². The summed E-state index contributed by atoms with van der Waals surface area (Å²) in [6.07, 6.45) is 11.3. The van der Waals surface area contributed by atoms with Crippen molar-refractivity contribution in [3.05, 3.63) is 78.4 Å². The van der Waals surface area contributed by atoms with Crippen LogP contribution in [0.1, 0.15) is 79.9 Å². The average molecular weight is 541 g/mol. The molecule has 0 N–H and O–H groups in total. The third kappa shape index (κ3) is 6.83. The van der Waals surface area contributed by atoms with Crippen LogP contribution in [0, 0.1) is 0 Å². The van der Waals surface area contributed by atoms with Crippen LogP contribution in [0.25, 0.3) is 11.0 Å². The van der Waals surface area contributed by atoms with Crippen LogP contribution in [0.15, 0.2) is 67.3 Å². The summed E-state index contributed by atoms with van der Waals surface area (Å²) in [5, 5.41) is 1.21. The van der Waals surface area contributed by atoms with E-state index in [1.807, 2.05) is 36.8 Å². The second-order valence-corrected chi connectivity index (χ2v) is 13.7. The number of aryl methyl sites for hydroxylation is 1. The number of pyridine rings is 3. The standard InChI is InChI=1S/C12H18N2.C11H16N2.C11H14N2/c1-12(2,3)14-9-5-7-10-6-4-8-13-11(10)14;2*1-11(2,3)13-8-6-9-5-4-7-12-10(9)13/h4,6,8H,5,7,9H2,1-3H3;4-5,7H,6,8H2,1-3H3;4-8H,1-3H3. The first-order chi connectivity index (χ1) is 18.8. The van der Waals surface area contributed by atoms with Crippen LogP contribution in [0.5, 0.6) is 0 Å². The van der Waals surface area contributed by atoms with Gasteiger partial charge >= 0.3 is 0 Å². The van der Waals surface area contributed by atoms with Gasteiger partial charge in [-0.1, -0.05) is 12.1 Å². The molecule has 0 atom stereocenters. The summed E-state index contributed by atoms with van der Waals surface area (Å²) in [6, 6.07) is 14.6. The normalized spacial score (nSPS) is 15.0. The van der Waals surface area contributed by atoms with Crippen molar-refractivity contribution in [1.29, 1.82) is 0 Å². The van der Waals surface area contributed by atoms with E-state index in [1.54, 1.807) is 0 Å². The van der Waals surface area contributed by atoms with Gasteiger partial charge in [0.2, 0.25) is 0 Å². The zero-order valence-corrected chi connectivity index (χ0v) is 26.1. The second kappa shape index (κ2) is 11.6. The van der Waals surface area contributed by atoms with E-state index >= 15 is 0 Å². The van der Waals surface area contributed by atoms with Gasteiger partial charge in [-0.15, -0.1) is 0 Å². The van der Waals surface area contributed by atoms with Gasteiger partial charge < -0.3 is 14.4 Å². The van der Waals surface area contributed by atoms with E-state index in [4.69, 9.17) is 0 Å². The first-order valence-corrected chi connectivity index (χ1v) is 14.6. The molecular weight excluding hydrogens is 492 g/mol. The highest BCUT2D eigenvalue weighted by Crippen LogP contribution is 2.31. The van der Waals surface area contributed by atoms with Gasteiger partial charge in [-0.2, -0.15) is 0 Å². The summed E-state index contributed by atoms with van der Waals surface area (Å²) in [7, 11) is 0. The highest BCUT2D eigenvalue weighted by atomic mass is 15.3. The molecule has 40 heavy (non-hydrogen) atoms. The lowest BCUT2D eigenvalue weighted by molar-refractivity contribution is 0.408. The molecular formula is C34H48N6. The number of nitrogens with zero attached hydrogens (tertiary/aromatic N) is 6. The summed E-state index contributed by atoms with van der Waals surface area (Å²) in [5.41, 5.74) is 4.33. The zero-order valence-electron chi connectivity index (χ0n) is 26.1. The maximum absolute atomic E-state index is 4.49. The summed E-state index contributed by atoms with van der Waals surface area (Å²) >= 11 is 0. The van der Waals surface area contributed by atoms with Crippen LogP contribution in [0.3, 0.4) is 0 Å². The molecule has 4 aromatic heterocycles. The van der Waals surface area contributed by atoms with Crippen molar-refractivity contribution in [2.75, 3.05) is 22.9 Å². The number of hydrogen-bond acceptors (Lipinski definition) is 5. The Labute approximate surface area is 241 Å². The fourth-order valence-corrected chi connectivity index (χ4v) is 5.42. The number of fused-ring (bicyclic) bond motifs is 3. The van der Waals surface area contributed by atoms with Gasteiger partial charge in [0.05, 0.1) is 0 Å². The van der Waals surface area contributed by atoms with E-state index < -0.39 is 0 Å². The van der Waals surface area contributed by atoms with E-state index in [0.29, 0.717) is 0 Å². The molecule has 2 aliphatic heterocycles. The fourth-order valence-electron chi connectivity index (χ4n) is 5.42. The third-order valence-corrected chi connectivity index (χ3v) is 7.47. The van der Waals surface area contributed by atoms with Gasteiger partial charge in [-0.25, -0.2) is 15.0 Å². The molecule has 0 amide bonds. The van der Waals surface area contributed by atoms with Crippen molar-refractivity contribution in [1.82, 2.24) is 19.5 Å². The molecule has 2 aliphatic rings. The van der Waals surface area contributed by atoms with E-state index in [2.05, 4.69) is 122 Å². The molecule has 4 aromatic rings. The largest absolute Gasteiger partial charge is 0.352 e. The molecule has 0 unspecified atom stereocenters. The fraction of sp³-hybridized carbons (Fsp3) is 0.500. The lowest BCUT2D eigenvalue weighted by Crippen LogP contribution is -2.45. The Morgan fingerprint density at radius 2 is 1.10 bits per heavy atom. The summed E-state index contributed by atoms with van der Waals surface area (Å²) in [6.45, 7) is 22.2. The minimum absolute atomic E-state index is 0.107. The van der Waals surface area contributed by atoms with Crippen LogP contribution < -0.4 is 9.80 Å². The van der Waals surface area contributed by atoms with Crippen molar-refractivity contribution in [2.45, 2.75) is 98.2 Å². The number of rotatable bonds is 0. The van der Waals surface area contributed by atoms with E-state index in [0.717, 1.165) is 25.2 Å². The number of aromatic nitrogens is 4. The number of hydrogen-bond donors (Lipinski definition) is 0. The quantitative estimate of drug-likeness (QED) is 0.229. The smallest absolute Gasteiger partial charge is 0.140 e. The Balaban J connectivity index is 0.000000139. The Morgan fingerprint density at radius 3 is 1.68 bits per heavy atom. The monoisotopic (exact) mass is 540 g/mol. The predicted octanol–water partition coefficient (Wildman–Crippen LogP) is 7.67. The van der Waals surface area contributed by atoms with Gasteiger partial charge in [0.1, 0.15) is 17.3 Å². The molecule has 6 nitrogen and oxygen atoms in total. The van der Waals surface area contributed by atoms with Crippen LogP contribution in [-0.4, -0.2) is 43.7 Å². The van der Waals surface area contributed by atoms with E-state index in [-0.39, 0.29) is 16.6 Å². The van der Waals surface area contributed by atoms with Crippen molar-refractivity contribution < 1.29 is 0 Å². The predicted molar refractivity (Wildman–Crippen MR) is 169 cm³/mol. The van der Waals surface area contributed by atoms with E-state index in [9.17, 15) is 0 Å². The summed E-state index contributed by atoms with van der Waals surface area (Å²) in [5.74, 6) is 2.36. The Hall–Kier alpha value is -3.41. The van der Waals surface area contributed by atoms with Gasteiger partial charge in [0.25, 0.3) is 0 Å². The Bertz CT molecular complexity index is 1400. The lowest BCUT2D eigenvalue weighted by atomic mass is 9.99. The van der Waals surface area contributed by atoms with Gasteiger partial charge in [0.15, 0.2) is 0 Å². The molecule has 0 radical (unpaired) electrons. The molecule has 0 aromatic carbocycles. The zero-order chi connectivity index (χ0) is 29.1. The molecule has 0 fully saturated rings. The van der Waals surface area contributed by atoms with Gasteiger partial charge in [0, 0.05) is 59.9 Å². The average Bonchev–Trinajstić information content (AvgIpc) is 3.53. The Morgan fingerprint density at radius 1 is 0.575 bits per heavy atom. The summed E-state index contributed by atoms with van der Waals surface area (Å²) in [4.78, 5) is 18.1. The van der Waals surface area contributed by atoms with Crippen molar-refractivity contribution in [2.24, 2.45) is 0 Å². The van der Waals surface area contributed by atoms with Crippen LogP contribution >= 0.6 is 0 Å². The van der Waals surface area contributed by atoms with Crippen LogP contribution in [0.4, 0.5) is 11.6 Å². The maximum Gasteiger partial charge on any atom is 0.140 e. The molecule has 0 saturated carbocycles. The van der Waals surface area contributed by atoms with Crippen molar-refractivity contribution >= 4 is 22.7 Å². The molecule has 0 saturated heterocycles. The molecule has 6 heteroatoms. The Kier molecular flexibility index (Phi) is 8.57. The third-order valence-electron chi connectivity index (χ3n) is 7.47. The first kappa shape index (κ1) is 29.6. The van der Waals surface area contributed by atoms with Gasteiger partial charge in [-0.05, 0) is 123 Å². The maximum atomic E-state index is 4.49. The molecule has 0 aliphatic carbocycles. The number of anilines is 2. The minimum atomic E-state index is 0.107. The highest BCUT2D eigenvalue weighted by molar-refractivity contribution is 5.76. The van der Waals surface area contributed by atoms with Crippen LogP contribution in [-0.2, 0) is 18.4 Å². The SMILES string of the molecule is CC(C)(C)N1CCCc2cccnc21.CC(C)(C)N1CCc2cccnc21.CC(C)(C)n1ccc2cccnc21. The van der Waals surface area contributed by atoms with Crippen molar-refractivity contribution in [3.63, 3.8) is 0 Å². The first-order valence-electron chi connectivity index (χ1n) is 14.6. The molecule has 6 rings (SSSR count). The van der Waals surface area contributed by atoms with Crippen LogP contribution in [0.2, 0.25) is 0 Å². The molecule has 214 valence electrons. The molecule has 0 spiro atoms. The highest BCUT2D eigenvalue weighted by Gasteiger charge is 2.29. The molecule has 6 heterocycles. The van der Waals surface area contributed by atoms with Crippen molar-refractivity contribution in [3.8, 4) is 0 Å².